The Balaban J connectivity index is 2.13. The second-order valence-corrected chi connectivity index (χ2v) is 4.21. The second-order valence-electron chi connectivity index (χ2n) is 4.21. The lowest BCUT2D eigenvalue weighted by atomic mass is 10.2. The van der Waals surface area contributed by atoms with Gasteiger partial charge in [0.15, 0.2) is 5.65 Å². The van der Waals surface area contributed by atoms with E-state index in [0.29, 0.717) is 22.7 Å². The third kappa shape index (κ3) is 2.39. The number of nitrogens with one attached hydrogen (secondary N) is 1. The molecule has 0 amide bonds. The van der Waals surface area contributed by atoms with Gasteiger partial charge in [0.1, 0.15) is 17.1 Å². The highest BCUT2D eigenvalue weighted by Crippen LogP contribution is 2.30. The lowest BCUT2D eigenvalue weighted by molar-refractivity contribution is -0.144. The summed E-state index contributed by atoms with van der Waals surface area (Å²) in [6.45, 7) is 0. The zero-order chi connectivity index (χ0) is 15.0. The SMILES string of the molecule is COc1ccccc1-c1nc2nc(C(F)(F)F)ncc2[nH]1. The lowest BCUT2D eigenvalue weighted by Crippen LogP contribution is -2.10. The topological polar surface area (TPSA) is 63.7 Å². The van der Waals surface area contributed by atoms with Crippen LogP contribution in [0.25, 0.3) is 22.6 Å². The molecule has 0 spiro atoms. The van der Waals surface area contributed by atoms with Gasteiger partial charge < -0.3 is 9.72 Å². The fourth-order valence-electron chi connectivity index (χ4n) is 1.91. The zero-order valence-corrected chi connectivity index (χ0v) is 10.8. The van der Waals surface area contributed by atoms with Crippen LogP contribution in [0.5, 0.6) is 5.75 Å². The third-order valence-electron chi connectivity index (χ3n) is 2.86. The first-order valence-electron chi connectivity index (χ1n) is 5.92. The van der Waals surface area contributed by atoms with E-state index in [9.17, 15) is 13.2 Å². The molecule has 0 aliphatic rings. The van der Waals surface area contributed by atoms with Crippen LogP contribution in [0.3, 0.4) is 0 Å². The van der Waals surface area contributed by atoms with Gasteiger partial charge >= 0.3 is 6.18 Å². The van der Waals surface area contributed by atoms with Crippen molar-refractivity contribution in [2.45, 2.75) is 6.18 Å². The smallest absolute Gasteiger partial charge is 0.451 e. The summed E-state index contributed by atoms with van der Waals surface area (Å²) in [5.74, 6) is -0.287. The predicted molar refractivity (Wildman–Crippen MR) is 68.7 cm³/mol. The minimum atomic E-state index is -4.60. The van der Waals surface area contributed by atoms with E-state index in [1.54, 1.807) is 24.3 Å². The number of alkyl halides is 3. The molecule has 108 valence electrons. The Morgan fingerprint density at radius 1 is 1.14 bits per heavy atom. The number of rotatable bonds is 2. The van der Waals surface area contributed by atoms with Crippen molar-refractivity contribution in [2.75, 3.05) is 7.11 Å². The molecule has 1 aromatic carbocycles. The van der Waals surface area contributed by atoms with E-state index in [0.717, 1.165) is 6.20 Å². The van der Waals surface area contributed by atoms with Gasteiger partial charge in [-0.05, 0) is 12.1 Å². The number of methoxy groups -OCH3 is 1. The Hall–Kier alpha value is -2.64. The number of imidazole rings is 1. The van der Waals surface area contributed by atoms with Gasteiger partial charge in [-0.1, -0.05) is 12.1 Å². The lowest BCUT2D eigenvalue weighted by Gasteiger charge is -2.04. The number of aromatic nitrogens is 4. The summed E-state index contributed by atoms with van der Waals surface area (Å²) in [6.07, 6.45) is -3.53. The second kappa shape index (κ2) is 4.72. The summed E-state index contributed by atoms with van der Waals surface area (Å²) in [7, 11) is 1.50. The number of H-pyrrole nitrogens is 1. The number of halogens is 3. The summed E-state index contributed by atoms with van der Waals surface area (Å²) in [4.78, 5) is 13.7. The van der Waals surface area contributed by atoms with Crippen LogP contribution >= 0.6 is 0 Å². The number of ether oxygens (including phenoxy) is 1. The number of nitrogens with zero attached hydrogens (tertiary/aromatic N) is 3. The molecule has 0 bridgehead atoms. The van der Waals surface area contributed by atoms with E-state index in [2.05, 4.69) is 19.9 Å². The van der Waals surface area contributed by atoms with E-state index >= 15 is 0 Å². The summed E-state index contributed by atoms with van der Waals surface area (Å²) in [5, 5.41) is 0. The van der Waals surface area contributed by atoms with Crippen molar-refractivity contribution in [3.63, 3.8) is 0 Å². The molecule has 0 saturated carbocycles. The molecule has 5 nitrogen and oxygen atoms in total. The molecule has 0 unspecified atom stereocenters. The Morgan fingerprint density at radius 2 is 1.90 bits per heavy atom. The largest absolute Gasteiger partial charge is 0.496 e. The molecule has 0 atom stereocenters. The van der Waals surface area contributed by atoms with Crippen LogP contribution in [-0.4, -0.2) is 27.0 Å². The molecule has 3 aromatic rings. The monoisotopic (exact) mass is 294 g/mol. The van der Waals surface area contributed by atoms with Crippen LogP contribution in [0.4, 0.5) is 13.2 Å². The molecule has 2 heterocycles. The predicted octanol–water partition coefficient (Wildman–Crippen LogP) is 3.05. The number of aromatic amines is 1. The number of para-hydroxylation sites is 1. The van der Waals surface area contributed by atoms with Crippen LogP contribution < -0.4 is 4.74 Å². The standard InChI is InChI=1S/C13H9F3N4O/c1-21-9-5-3-2-4-7(9)10-18-8-6-17-12(13(14,15)16)20-11(8)19-10/h2-6H,1H3,(H,17,18,19,20). The number of fused-ring (bicyclic) bond motifs is 1. The fraction of sp³-hybridized carbons (Fsp3) is 0.154. The van der Waals surface area contributed by atoms with E-state index in [1.807, 2.05) is 0 Å². The van der Waals surface area contributed by atoms with Crippen molar-refractivity contribution in [1.82, 2.24) is 19.9 Å². The number of hydrogen-bond donors (Lipinski definition) is 1. The minimum absolute atomic E-state index is 0.0433. The molecule has 0 radical (unpaired) electrons. The first kappa shape index (κ1) is 13.3. The fourth-order valence-corrected chi connectivity index (χ4v) is 1.91. The van der Waals surface area contributed by atoms with Crippen LogP contribution in [-0.2, 0) is 6.18 Å². The molecule has 1 N–H and O–H groups in total. The Kier molecular flexibility index (Phi) is 3.00. The molecule has 0 aliphatic carbocycles. The minimum Gasteiger partial charge on any atom is -0.496 e. The maximum atomic E-state index is 12.6. The molecule has 21 heavy (non-hydrogen) atoms. The van der Waals surface area contributed by atoms with Gasteiger partial charge in [0.2, 0.25) is 5.82 Å². The van der Waals surface area contributed by atoms with Gasteiger partial charge in [-0.2, -0.15) is 13.2 Å². The van der Waals surface area contributed by atoms with Gasteiger partial charge in [-0.3, -0.25) is 0 Å². The van der Waals surface area contributed by atoms with Gasteiger partial charge in [0.25, 0.3) is 0 Å². The third-order valence-corrected chi connectivity index (χ3v) is 2.86. The maximum absolute atomic E-state index is 12.6. The van der Waals surface area contributed by atoms with Crippen LogP contribution in [0, 0.1) is 0 Å². The highest BCUT2D eigenvalue weighted by Gasteiger charge is 2.35. The molecule has 0 fully saturated rings. The average Bonchev–Trinajstić information content (AvgIpc) is 2.89. The van der Waals surface area contributed by atoms with Gasteiger partial charge in [0, 0.05) is 0 Å². The van der Waals surface area contributed by atoms with Gasteiger partial charge in [-0.15, -0.1) is 0 Å². The van der Waals surface area contributed by atoms with Crippen molar-refractivity contribution >= 4 is 11.2 Å². The normalized spacial score (nSPS) is 11.8. The number of benzene rings is 1. The Bertz CT molecular complexity index is 797. The molecule has 3 rings (SSSR count). The first-order valence-corrected chi connectivity index (χ1v) is 5.92. The van der Waals surface area contributed by atoms with Crippen molar-refractivity contribution in [2.24, 2.45) is 0 Å². The van der Waals surface area contributed by atoms with Crippen molar-refractivity contribution in [3.8, 4) is 17.1 Å². The van der Waals surface area contributed by atoms with Gasteiger partial charge in [0.05, 0.1) is 18.9 Å². The molecule has 2 aromatic heterocycles. The Morgan fingerprint density at radius 3 is 2.62 bits per heavy atom. The van der Waals surface area contributed by atoms with Gasteiger partial charge in [-0.25, -0.2) is 15.0 Å². The molecule has 8 heteroatoms. The van der Waals surface area contributed by atoms with Crippen molar-refractivity contribution in [3.05, 3.63) is 36.3 Å². The van der Waals surface area contributed by atoms with E-state index in [-0.39, 0.29) is 5.65 Å². The summed E-state index contributed by atoms with van der Waals surface area (Å²) >= 11 is 0. The quantitative estimate of drug-likeness (QED) is 0.789. The van der Waals surface area contributed by atoms with Crippen LogP contribution in [0.1, 0.15) is 5.82 Å². The highest BCUT2D eigenvalue weighted by atomic mass is 19.4. The van der Waals surface area contributed by atoms with E-state index in [4.69, 9.17) is 4.74 Å². The first-order chi connectivity index (χ1) is 9.99. The highest BCUT2D eigenvalue weighted by molar-refractivity contribution is 5.77. The van der Waals surface area contributed by atoms with Crippen LogP contribution in [0.2, 0.25) is 0 Å². The van der Waals surface area contributed by atoms with Crippen molar-refractivity contribution in [1.29, 1.82) is 0 Å². The Labute approximate surface area is 116 Å². The summed E-state index contributed by atoms with van der Waals surface area (Å²) in [6, 6.07) is 7.04. The molecule has 0 saturated heterocycles. The zero-order valence-electron chi connectivity index (χ0n) is 10.8. The molecule has 0 aliphatic heterocycles. The van der Waals surface area contributed by atoms with E-state index < -0.39 is 12.0 Å². The molecular formula is C13H9F3N4O. The summed E-state index contributed by atoms with van der Waals surface area (Å²) < 4.78 is 42.9. The maximum Gasteiger partial charge on any atom is 0.451 e. The van der Waals surface area contributed by atoms with Crippen LogP contribution in [0.15, 0.2) is 30.5 Å². The van der Waals surface area contributed by atoms with E-state index in [1.165, 1.54) is 7.11 Å². The number of hydrogen-bond acceptors (Lipinski definition) is 4. The van der Waals surface area contributed by atoms with Crippen molar-refractivity contribution < 1.29 is 17.9 Å². The summed E-state index contributed by atoms with van der Waals surface area (Å²) in [5.41, 5.74) is 0.911. The average molecular weight is 294 g/mol. The molecular weight excluding hydrogens is 285 g/mol.